The van der Waals surface area contributed by atoms with Gasteiger partial charge in [-0.3, -0.25) is 4.79 Å². The van der Waals surface area contributed by atoms with Gasteiger partial charge in [0, 0.05) is 6.04 Å². The van der Waals surface area contributed by atoms with E-state index in [0.29, 0.717) is 24.2 Å². The average Bonchev–Trinajstić information content (AvgIpc) is 2.65. The number of carbonyl (C=O) groups excluding carboxylic acids is 2. The maximum Gasteiger partial charge on any atom is 0.344 e. The van der Waals surface area contributed by atoms with Crippen molar-refractivity contribution < 1.29 is 23.8 Å². The average molecular weight is 377 g/mol. The smallest absolute Gasteiger partial charge is 0.344 e. The highest BCUT2D eigenvalue weighted by Gasteiger charge is 2.30. The second-order valence-electron chi connectivity index (χ2n) is 7.21. The summed E-state index contributed by atoms with van der Waals surface area (Å²) in [5, 5.41) is 3.03. The molecule has 1 aromatic carbocycles. The summed E-state index contributed by atoms with van der Waals surface area (Å²) in [4.78, 5) is 24.3. The first-order valence-electron chi connectivity index (χ1n) is 9.76. The van der Waals surface area contributed by atoms with Gasteiger partial charge in [-0.15, -0.1) is 0 Å². The number of esters is 1. The Balaban J connectivity index is 1.74. The molecule has 2 rings (SSSR count). The second-order valence-corrected chi connectivity index (χ2v) is 7.21. The van der Waals surface area contributed by atoms with E-state index in [1.54, 1.807) is 31.2 Å². The van der Waals surface area contributed by atoms with Crippen molar-refractivity contribution >= 4 is 11.9 Å². The van der Waals surface area contributed by atoms with E-state index in [2.05, 4.69) is 19.2 Å². The van der Waals surface area contributed by atoms with Crippen LogP contribution in [0.15, 0.2) is 24.3 Å². The number of benzene rings is 1. The van der Waals surface area contributed by atoms with Crippen LogP contribution < -0.4 is 14.8 Å². The molecule has 6 heteroatoms. The third-order valence-electron chi connectivity index (χ3n) is 5.20. The van der Waals surface area contributed by atoms with Crippen molar-refractivity contribution in [2.45, 2.75) is 59.1 Å². The molecule has 0 unspecified atom stereocenters. The number of hydrogen-bond donors (Lipinski definition) is 1. The van der Waals surface area contributed by atoms with Gasteiger partial charge in [0.2, 0.25) is 0 Å². The van der Waals surface area contributed by atoms with Crippen LogP contribution >= 0.6 is 0 Å². The van der Waals surface area contributed by atoms with Crippen molar-refractivity contribution in [2.24, 2.45) is 11.8 Å². The molecule has 1 amide bonds. The van der Waals surface area contributed by atoms with Gasteiger partial charge in [-0.1, -0.05) is 26.7 Å². The first-order valence-corrected chi connectivity index (χ1v) is 9.76. The predicted octanol–water partition coefficient (Wildman–Crippen LogP) is 3.34. The molecule has 0 radical (unpaired) electrons. The van der Waals surface area contributed by atoms with E-state index in [1.165, 1.54) is 6.42 Å². The van der Waals surface area contributed by atoms with E-state index in [0.717, 1.165) is 18.6 Å². The molecule has 0 spiro atoms. The lowest BCUT2D eigenvalue weighted by Crippen LogP contribution is -2.47. The molecule has 150 valence electrons. The van der Waals surface area contributed by atoms with Crippen LogP contribution in [-0.2, 0) is 14.3 Å². The van der Waals surface area contributed by atoms with Crippen LogP contribution in [0, 0.1) is 11.8 Å². The lowest BCUT2D eigenvalue weighted by molar-refractivity contribution is -0.157. The van der Waals surface area contributed by atoms with Crippen LogP contribution in [0.25, 0.3) is 0 Å². The van der Waals surface area contributed by atoms with Crippen molar-refractivity contribution in [3.63, 3.8) is 0 Å². The Morgan fingerprint density at radius 3 is 2.37 bits per heavy atom. The van der Waals surface area contributed by atoms with Crippen molar-refractivity contribution in [3.05, 3.63) is 24.3 Å². The summed E-state index contributed by atoms with van der Waals surface area (Å²) in [6.07, 6.45) is 2.44. The molecule has 1 aliphatic rings. The van der Waals surface area contributed by atoms with E-state index in [4.69, 9.17) is 14.2 Å². The van der Waals surface area contributed by atoms with Gasteiger partial charge in [-0.05, 0) is 56.4 Å². The fourth-order valence-electron chi connectivity index (χ4n) is 3.31. The van der Waals surface area contributed by atoms with Crippen LogP contribution in [-0.4, -0.2) is 37.2 Å². The zero-order chi connectivity index (χ0) is 19.8. The van der Waals surface area contributed by atoms with Crippen LogP contribution in [0.5, 0.6) is 11.5 Å². The summed E-state index contributed by atoms with van der Waals surface area (Å²) in [6.45, 7) is 8.21. The number of ether oxygens (including phenoxy) is 3. The fourth-order valence-corrected chi connectivity index (χ4v) is 3.31. The standard InChI is InChI=1S/C21H31NO5/c1-5-25-17-9-11-18(12-10-17)26-13-20(23)27-16(4)21(24)22-19-8-6-7-14(2)15(19)3/h9-12,14-16,19H,5-8,13H2,1-4H3,(H,22,24)/t14-,15-,16-,19+/m0/s1. The van der Waals surface area contributed by atoms with Crippen LogP contribution in [0.3, 0.4) is 0 Å². The van der Waals surface area contributed by atoms with E-state index in [1.807, 2.05) is 6.92 Å². The number of hydrogen-bond acceptors (Lipinski definition) is 5. The molecule has 0 bridgehead atoms. The lowest BCUT2D eigenvalue weighted by Gasteiger charge is -2.35. The second kappa shape index (κ2) is 10.2. The summed E-state index contributed by atoms with van der Waals surface area (Å²) in [6, 6.07) is 7.13. The molecule has 0 aliphatic heterocycles. The monoisotopic (exact) mass is 377 g/mol. The van der Waals surface area contributed by atoms with Gasteiger partial charge in [0.05, 0.1) is 6.61 Å². The molecule has 1 fully saturated rings. The molecular weight excluding hydrogens is 346 g/mol. The summed E-state index contributed by atoms with van der Waals surface area (Å²) in [5.74, 6) is 1.46. The van der Waals surface area contributed by atoms with Gasteiger partial charge in [0.25, 0.3) is 5.91 Å². The van der Waals surface area contributed by atoms with Crippen molar-refractivity contribution in [3.8, 4) is 11.5 Å². The zero-order valence-electron chi connectivity index (χ0n) is 16.7. The number of rotatable bonds is 8. The third kappa shape index (κ3) is 6.45. The molecule has 1 saturated carbocycles. The Hall–Kier alpha value is -2.24. The van der Waals surface area contributed by atoms with Crippen molar-refractivity contribution in [2.75, 3.05) is 13.2 Å². The maximum absolute atomic E-state index is 12.3. The van der Waals surface area contributed by atoms with Crippen molar-refractivity contribution in [1.82, 2.24) is 5.32 Å². The Labute approximate surface area is 161 Å². The summed E-state index contributed by atoms with van der Waals surface area (Å²) >= 11 is 0. The molecule has 4 atom stereocenters. The fraction of sp³-hybridized carbons (Fsp3) is 0.619. The largest absolute Gasteiger partial charge is 0.494 e. The molecule has 1 aromatic rings. The minimum Gasteiger partial charge on any atom is -0.494 e. The number of amides is 1. The molecule has 27 heavy (non-hydrogen) atoms. The normalized spacial score (nSPS) is 23.2. The highest BCUT2D eigenvalue weighted by atomic mass is 16.6. The summed E-state index contributed by atoms with van der Waals surface area (Å²) in [7, 11) is 0. The summed E-state index contributed by atoms with van der Waals surface area (Å²) < 4.78 is 16.0. The van der Waals surface area contributed by atoms with Gasteiger partial charge in [-0.2, -0.15) is 0 Å². The van der Waals surface area contributed by atoms with E-state index >= 15 is 0 Å². The molecule has 0 heterocycles. The Bertz CT molecular complexity index is 616. The van der Waals surface area contributed by atoms with Gasteiger partial charge in [0.1, 0.15) is 11.5 Å². The van der Waals surface area contributed by atoms with Gasteiger partial charge in [0.15, 0.2) is 12.7 Å². The molecule has 1 aliphatic carbocycles. The molecule has 0 saturated heterocycles. The molecule has 1 N–H and O–H groups in total. The number of carbonyl (C=O) groups is 2. The van der Waals surface area contributed by atoms with E-state index in [-0.39, 0.29) is 18.6 Å². The molecule has 0 aromatic heterocycles. The summed E-state index contributed by atoms with van der Waals surface area (Å²) in [5.41, 5.74) is 0. The third-order valence-corrected chi connectivity index (χ3v) is 5.20. The first-order chi connectivity index (χ1) is 12.9. The van der Waals surface area contributed by atoms with Gasteiger partial charge in [-0.25, -0.2) is 4.79 Å². The molecule has 6 nitrogen and oxygen atoms in total. The zero-order valence-corrected chi connectivity index (χ0v) is 16.7. The van der Waals surface area contributed by atoms with Crippen molar-refractivity contribution in [1.29, 1.82) is 0 Å². The lowest BCUT2D eigenvalue weighted by atomic mass is 9.78. The topological polar surface area (TPSA) is 73.9 Å². The Morgan fingerprint density at radius 2 is 1.74 bits per heavy atom. The van der Waals surface area contributed by atoms with Gasteiger partial charge >= 0.3 is 5.97 Å². The quantitative estimate of drug-likeness (QED) is 0.704. The molecular formula is C21H31NO5. The Kier molecular flexibility index (Phi) is 7.95. The maximum atomic E-state index is 12.3. The minimum atomic E-state index is -0.842. The van der Waals surface area contributed by atoms with E-state index < -0.39 is 12.1 Å². The van der Waals surface area contributed by atoms with Crippen LogP contribution in [0.2, 0.25) is 0 Å². The van der Waals surface area contributed by atoms with E-state index in [9.17, 15) is 9.59 Å². The van der Waals surface area contributed by atoms with Crippen LogP contribution in [0.1, 0.15) is 47.0 Å². The van der Waals surface area contributed by atoms with Gasteiger partial charge < -0.3 is 19.5 Å². The van der Waals surface area contributed by atoms with Crippen LogP contribution in [0.4, 0.5) is 0 Å². The Morgan fingerprint density at radius 1 is 1.11 bits per heavy atom. The highest BCUT2D eigenvalue weighted by molar-refractivity contribution is 5.83. The minimum absolute atomic E-state index is 0.141. The SMILES string of the molecule is CCOc1ccc(OCC(=O)O[C@@H](C)C(=O)N[C@@H]2CCC[C@H](C)[C@@H]2C)cc1. The highest BCUT2D eigenvalue weighted by Crippen LogP contribution is 2.29. The number of nitrogens with one attached hydrogen (secondary N) is 1. The predicted molar refractivity (Wildman–Crippen MR) is 103 cm³/mol. The first kappa shape index (κ1) is 21.1.